The molecule has 5 nitrogen and oxygen atoms in total. The lowest BCUT2D eigenvalue weighted by molar-refractivity contribution is -0.132. The van der Waals surface area contributed by atoms with Crippen molar-refractivity contribution in [2.75, 3.05) is 18.4 Å². The standard InChI is InChI=1S/C23H23N3O2/c27-20-9-4-1-6-17(20)16-22(28)25-14-11-23(12-15-25)21-10-5-13-26(21)19-8-3-2-7-18(19)24-23/h1-10,13,24,27H,11-12,14-16H2. The Bertz CT molecular complexity index is 1030. The molecule has 0 atom stereocenters. The lowest BCUT2D eigenvalue weighted by atomic mass is 9.82. The number of anilines is 1. The lowest BCUT2D eigenvalue weighted by Crippen LogP contribution is -2.51. The number of piperidine rings is 1. The van der Waals surface area contributed by atoms with Crippen LogP contribution >= 0.6 is 0 Å². The highest BCUT2D eigenvalue weighted by Crippen LogP contribution is 2.43. The van der Waals surface area contributed by atoms with Gasteiger partial charge in [0.1, 0.15) is 5.75 Å². The number of amides is 1. The molecule has 2 aromatic carbocycles. The number of nitrogens with zero attached hydrogens (tertiary/aromatic N) is 2. The van der Waals surface area contributed by atoms with E-state index in [1.54, 1.807) is 12.1 Å². The van der Waals surface area contributed by atoms with Gasteiger partial charge in [-0.2, -0.15) is 0 Å². The summed E-state index contributed by atoms with van der Waals surface area (Å²) >= 11 is 0. The first-order valence-corrected chi connectivity index (χ1v) is 9.76. The summed E-state index contributed by atoms with van der Waals surface area (Å²) < 4.78 is 2.27. The molecule has 5 rings (SSSR count). The first-order valence-electron chi connectivity index (χ1n) is 9.76. The summed E-state index contributed by atoms with van der Waals surface area (Å²) in [7, 11) is 0. The number of likely N-dealkylation sites (tertiary alicyclic amines) is 1. The second-order valence-electron chi connectivity index (χ2n) is 7.67. The van der Waals surface area contributed by atoms with Gasteiger partial charge in [-0.3, -0.25) is 4.79 Å². The molecule has 0 aliphatic carbocycles. The third kappa shape index (κ3) is 2.66. The molecule has 1 aromatic heterocycles. The number of carbonyl (C=O) groups is 1. The maximum atomic E-state index is 12.8. The van der Waals surface area contributed by atoms with Gasteiger partial charge in [0.15, 0.2) is 0 Å². The minimum atomic E-state index is -0.149. The highest BCUT2D eigenvalue weighted by atomic mass is 16.3. The number of phenolic OH excluding ortho intramolecular Hbond substituents is 1. The fraction of sp³-hybridized carbons (Fsp3) is 0.261. The Hall–Kier alpha value is -3.21. The van der Waals surface area contributed by atoms with Crippen LogP contribution in [0.25, 0.3) is 5.69 Å². The van der Waals surface area contributed by atoms with Crippen molar-refractivity contribution in [3.8, 4) is 11.4 Å². The van der Waals surface area contributed by atoms with E-state index in [0.717, 1.165) is 18.5 Å². The Balaban J connectivity index is 1.35. The number of hydrogen-bond acceptors (Lipinski definition) is 3. The van der Waals surface area contributed by atoms with Crippen molar-refractivity contribution in [3.05, 3.63) is 78.1 Å². The van der Waals surface area contributed by atoms with Crippen LogP contribution in [0.3, 0.4) is 0 Å². The Kier molecular flexibility index (Phi) is 3.90. The zero-order valence-electron chi connectivity index (χ0n) is 15.6. The number of rotatable bonds is 2. The van der Waals surface area contributed by atoms with E-state index in [0.29, 0.717) is 18.7 Å². The number of benzene rings is 2. The van der Waals surface area contributed by atoms with Gasteiger partial charge in [0.25, 0.3) is 0 Å². The Morgan fingerprint density at radius 1 is 1.00 bits per heavy atom. The molecule has 1 amide bonds. The molecule has 1 spiro atoms. The fourth-order valence-corrected chi connectivity index (χ4v) is 4.55. The van der Waals surface area contributed by atoms with Gasteiger partial charge in [0.05, 0.1) is 23.3 Å². The van der Waals surface area contributed by atoms with E-state index in [2.05, 4.69) is 52.5 Å². The number of aromatic hydroxyl groups is 1. The molecular formula is C23H23N3O2. The van der Waals surface area contributed by atoms with Crippen molar-refractivity contribution >= 4 is 11.6 Å². The Labute approximate surface area is 164 Å². The predicted molar refractivity (Wildman–Crippen MR) is 109 cm³/mol. The van der Waals surface area contributed by atoms with E-state index in [4.69, 9.17) is 0 Å². The van der Waals surface area contributed by atoms with Crippen molar-refractivity contribution in [2.45, 2.75) is 24.8 Å². The second-order valence-corrected chi connectivity index (χ2v) is 7.67. The summed E-state index contributed by atoms with van der Waals surface area (Å²) in [6, 6.07) is 19.7. The molecular weight excluding hydrogens is 350 g/mol. The quantitative estimate of drug-likeness (QED) is 0.721. The van der Waals surface area contributed by atoms with E-state index in [9.17, 15) is 9.90 Å². The molecule has 3 aromatic rings. The van der Waals surface area contributed by atoms with E-state index >= 15 is 0 Å². The van der Waals surface area contributed by atoms with Gasteiger partial charge in [-0.05, 0) is 43.2 Å². The van der Waals surface area contributed by atoms with Crippen LogP contribution < -0.4 is 5.32 Å². The first kappa shape index (κ1) is 16.9. The van der Waals surface area contributed by atoms with Crippen molar-refractivity contribution in [2.24, 2.45) is 0 Å². The SMILES string of the molecule is O=C(Cc1ccccc1O)N1CCC2(CC1)Nc1ccccc1-n1cccc12. The summed E-state index contributed by atoms with van der Waals surface area (Å²) in [5.41, 5.74) is 4.11. The topological polar surface area (TPSA) is 57.5 Å². The maximum Gasteiger partial charge on any atom is 0.227 e. The van der Waals surface area contributed by atoms with Crippen molar-refractivity contribution < 1.29 is 9.90 Å². The summed E-state index contributed by atoms with van der Waals surface area (Å²) in [6.07, 6.45) is 4.08. The maximum absolute atomic E-state index is 12.8. The van der Waals surface area contributed by atoms with Crippen LogP contribution in [0, 0.1) is 0 Å². The fourth-order valence-electron chi connectivity index (χ4n) is 4.55. The number of hydrogen-bond donors (Lipinski definition) is 2. The van der Waals surface area contributed by atoms with Gasteiger partial charge in [-0.15, -0.1) is 0 Å². The molecule has 5 heteroatoms. The van der Waals surface area contributed by atoms with Gasteiger partial charge in [-0.1, -0.05) is 30.3 Å². The third-order valence-corrected chi connectivity index (χ3v) is 6.08. The zero-order valence-corrected chi connectivity index (χ0v) is 15.6. The molecule has 3 heterocycles. The molecule has 2 aliphatic heterocycles. The van der Waals surface area contributed by atoms with Crippen LogP contribution in [0.4, 0.5) is 5.69 Å². The molecule has 2 N–H and O–H groups in total. The smallest absolute Gasteiger partial charge is 0.227 e. The minimum Gasteiger partial charge on any atom is -0.508 e. The summed E-state index contributed by atoms with van der Waals surface area (Å²) in [6.45, 7) is 1.40. The number of fused-ring (bicyclic) bond motifs is 4. The Morgan fingerprint density at radius 2 is 1.75 bits per heavy atom. The van der Waals surface area contributed by atoms with Crippen LogP contribution in [0.2, 0.25) is 0 Å². The number of phenols is 1. The van der Waals surface area contributed by atoms with Gasteiger partial charge in [0, 0.05) is 30.5 Å². The summed E-state index contributed by atoms with van der Waals surface area (Å²) in [5.74, 6) is 0.260. The lowest BCUT2D eigenvalue weighted by Gasteiger charge is -2.46. The van der Waals surface area contributed by atoms with E-state index < -0.39 is 0 Å². The van der Waals surface area contributed by atoms with Gasteiger partial charge in [-0.25, -0.2) is 0 Å². The largest absolute Gasteiger partial charge is 0.508 e. The zero-order chi connectivity index (χ0) is 19.1. The van der Waals surface area contributed by atoms with Crippen molar-refractivity contribution in [1.82, 2.24) is 9.47 Å². The molecule has 142 valence electrons. The first-order chi connectivity index (χ1) is 13.7. The van der Waals surface area contributed by atoms with Gasteiger partial charge >= 0.3 is 0 Å². The summed E-state index contributed by atoms with van der Waals surface area (Å²) in [5, 5.41) is 13.7. The average molecular weight is 373 g/mol. The molecule has 1 fully saturated rings. The van der Waals surface area contributed by atoms with Crippen LogP contribution in [0.15, 0.2) is 66.9 Å². The second kappa shape index (κ2) is 6.44. The Morgan fingerprint density at radius 3 is 2.57 bits per heavy atom. The number of nitrogens with one attached hydrogen (secondary N) is 1. The van der Waals surface area contributed by atoms with Crippen LogP contribution in [-0.4, -0.2) is 33.6 Å². The summed E-state index contributed by atoms with van der Waals surface area (Å²) in [4.78, 5) is 14.7. The van der Waals surface area contributed by atoms with E-state index in [1.165, 1.54) is 11.4 Å². The van der Waals surface area contributed by atoms with Crippen LogP contribution in [-0.2, 0) is 16.8 Å². The normalized spacial score (nSPS) is 16.9. The highest BCUT2D eigenvalue weighted by molar-refractivity contribution is 5.79. The minimum absolute atomic E-state index is 0.0722. The third-order valence-electron chi connectivity index (χ3n) is 6.08. The van der Waals surface area contributed by atoms with Crippen molar-refractivity contribution in [3.63, 3.8) is 0 Å². The van der Waals surface area contributed by atoms with Crippen LogP contribution in [0.5, 0.6) is 5.75 Å². The van der Waals surface area contributed by atoms with E-state index in [-0.39, 0.29) is 23.6 Å². The highest BCUT2D eigenvalue weighted by Gasteiger charge is 2.42. The molecule has 0 bridgehead atoms. The van der Waals surface area contributed by atoms with Crippen molar-refractivity contribution in [1.29, 1.82) is 0 Å². The molecule has 0 unspecified atom stereocenters. The monoisotopic (exact) mass is 373 g/mol. The molecule has 0 saturated carbocycles. The molecule has 1 saturated heterocycles. The average Bonchev–Trinajstić information content (AvgIpc) is 3.22. The van der Waals surface area contributed by atoms with E-state index in [1.807, 2.05) is 17.0 Å². The van der Waals surface area contributed by atoms with Crippen LogP contribution in [0.1, 0.15) is 24.1 Å². The molecule has 2 aliphatic rings. The number of para-hydroxylation sites is 3. The number of aromatic nitrogens is 1. The van der Waals surface area contributed by atoms with Gasteiger partial charge < -0.3 is 19.9 Å². The molecule has 0 radical (unpaired) electrons. The number of carbonyl (C=O) groups excluding carboxylic acids is 1. The molecule has 28 heavy (non-hydrogen) atoms. The predicted octanol–water partition coefficient (Wildman–Crippen LogP) is 3.67. The van der Waals surface area contributed by atoms with Gasteiger partial charge in [0.2, 0.25) is 5.91 Å².